The molecule has 1 aromatic carbocycles. The van der Waals surface area contributed by atoms with Crippen LogP contribution >= 0.6 is 0 Å². The molecule has 0 saturated heterocycles. The molecular formula is C13H18FNO2. The number of carboxylic acid groups (broad SMARTS) is 1. The molecule has 1 rings (SSSR count). The van der Waals surface area contributed by atoms with Gasteiger partial charge in [-0.05, 0) is 45.5 Å². The van der Waals surface area contributed by atoms with E-state index in [0.29, 0.717) is 5.56 Å². The monoisotopic (exact) mass is 239 g/mol. The van der Waals surface area contributed by atoms with Crippen LogP contribution in [-0.2, 0) is 10.3 Å². The molecule has 0 fully saturated rings. The van der Waals surface area contributed by atoms with E-state index in [-0.39, 0.29) is 11.9 Å². The number of likely N-dealkylation sites (N-methyl/N-ethyl adjacent to an activating group) is 1. The van der Waals surface area contributed by atoms with Gasteiger partial charge in [-0.1, -0.05) is 12.1 Å². The van der Waals surface area contributed by atoms with Gasteiger partial charge in [-0.2, -0.15) is 0 Å². The lowest BCUT2D eigenvalue weighted by Gasteiger charge is -2.38. The minimum atomic E-state index is -1.15. The number of nitrogens with zero attached hydrogens (tertiary/aromatic N) is 1. The number of rotatable bonds is 4. The molecule has 0 amide bonds. The number of halogens is 1. The van der Waals surface area contributed by atoms with Gasteiger partial charge in [0.25, 0.3) is 0 Å². The van der Waals surface area contributed by atoms with Crippen LogP contribution in [0.15, 0.2) is 24.3 Å². The first-order valence-corrected chi connectivity index (χ1v) is 5.52. The largest absolute Gasteiger partial charge is 0.480 e. The molecule has 1 N–H and O–H groups in total. The van der Waals surface area contributed by atoms with E-state index in [1.165, 1.54) is 24.3 Å². The summed E-state index contributed by atoms with van der Waals surface area (Å²) in [6, 6.07) is 5.67. The van der Waals surface area contributed by atoms with Gasteiger partial charge in [-0.3, -0.25) is 4.90 Å². The zero-order valence-electron chi connectivity index (χ0n) is 10.6. The molecule has 0 aromatic heterocycles. The van der Waals surface area contributed by atoms with Crippen LogP contribution in [0.25, 0.3) is 0 Å². The van der Waals surface area contributed by atoms with Crippen molar-refractivity contribution in [2.75, 3.05) is 7.05 Å². The molecule has 0 aliphatic rings. The fourth-order valence-corrected chi connectivity index (χ4v) is 1.77. The van der Waals surface area contributed by atoms with Crippen molar-refractivity contribution in [2.45, 2.75) is 32.4 Å². The van der Waals surface area contributed by atoms with E-state index >= 15 is 0 Å². The Balaban J connectivity index is 3.25. The van der Waals surface area contributed by atoms with Crippen LogP contribution in [0.1, 0.15) is 26.3 Å². The van der Waals surface area contributed by atoms with E-state index in [4.69, 9.17) is 0 Å². The third-order valence-corrected chi connectivity index (χ3v) is 3.30. The highest BCUT2D eigenvalue weighted by Crippen LogP contribution is 2.29. The average Bonchev–Trinajstić information content (AvgIpc) is 2.27. The zero-order valence-corrected chi connectivity index (χ0v) is 10.6. The summed E-state index contributed by atoms with van der Waals surface area (Å²) in [5.41, 5.74) is -0.579. The van der Waals surface area contributed by atoms with Gasteiger partial charge < -0.3 is 5.11 Å². The van der Waals surface area contributed by atoms with E-state index in [9.17, 15) is 14.3 Å². The molecule has 0 aliphatic heterocycles. The molecule has 17 heavy (non-hydrogen) atoms. The van der Waals surface area contributed by atoms with Crippen molar-refractivity contribution in [2.24, 2.45) is 0 Å². The summed E-state index contributed by atoms with van der Waals surface area (Å²) < 4.78 is 12.9. The molecule has 1 aromatic rings. The average molecular weight is 239 g/mol. The molecule has 3 nitrogen and oxygen atoms in total. The Morgan fingerprint density at radius 1 is 1.35 bits per heavy atom. The number of aliphatic carboxylic acids is 1. The van der Waals surface area contributed by atoms with E-state index < -0.39 is 11.5 Å². The molecule has 0 heterocycles. The normalized spacial score (nSPS) is 15.0. The molecule has 94 valence electrons. The van der Waals surface area contributed by atoms with Crippen molar-refractivity contribution in [3.63, 3.8) is 0 Å². The van der Waals surface area contributed by atoms with Crippen LogP contribution in [0, 0.1) is 5.82 Å². The second-order valence-corrected chi connectivity index (χ2v) is 4.59. The van der Waals surface area contributed by atoms with Crippen LogP contribution in [0.3, 0.4) is 0 Å². The third kappa shape index (κ3) is 2.47. The summed E-state index contributed by atoms with van der Waals surface area (Å²) in [6.07, 6.45) is 0. The van der Waals surface area contributed by atoms with E-state index in [1.54, 1.807) is 18.9 Å². The summed E-state index contributed by atoms with van der Waals surface area (Å²) in [5, 5.41) is 9.44. The summed E-state index contributed by atoms with van der Waals surface area (Å²) in [4.78, 5) is 13.3. The lowest BCUT2D eigenvalue weighted by Crippen LogP contribution is -2.50. The zero-order chi connectivity index (χ0) is 13.2. The molecule has 0 saturated carbocycles. The SMILES string of the molecule is CC(C)N(C)C(C)(C(=O)O)c1ccc(F)cc1. The molecule has 1 unspecified atom stereocenters. The number of hydrogen-bond acceptors (Lipinski definition) is 2. The first-order valence-electron chi connectivity index (χ1n) is 5.52. The van der Waals surface area contributed by atoms with Gasteiger partial charge in [0.2, 0.25) is 0 Å². The number of carboxylic acids is 1. The quantitative estimate of drug-likeness (QED) is 0.877. The number of benzene rings is 1. The molecule has 1 atom stereocenters. The Labute approximate surface area is 101 Å². The van der Waals surface area contributed by atoms with Gasteiger partial charge in [0.05, 0.1) is 0 Å². The van der Waals surface area contributed by atoms with Gasteiger partial charge in [0.15, 0.2) is 0 Å². The highest BCUT2D eigenvalue weighted by Gasteiger charge is 2.40. The van der Waals surface area contributed by atoms with Crippen LogP contribution in [-0.4, -0.2) is 29.1 Å². The summed E-state index contributed by atoms with van der Waals surface area (Å²) in [6.45, 7) is 5.47. The molecule has 0 radical (unpaired) electrons. The number of hydrogen-bond donors (Lipinski definition) is 1. The van der Waals surface area contributed by atoms with Gasteiger partial charge in [-0.25, -0.2) is 9.18 Å². The smallest absolute Gasteiger partial charge is 0.328 e. The standard InChI is InChI=1S/C13H18FNO2/c1-9(2)15(4)13(3,12(16)17)10-5-7-11(14)8-6-10/h5-9H,1-4H3,(H,16,17). The molecule has 4 heteroatoms. The van der Waals surface area contributed by atoms with Crippen molar-refractivity contribution in [3.05, 3.63) is 35.6 Å². The summed E-state index contributed by atoms with van der Waals surface area (Å²) in [7, 11) is 1.75. The topological polar surface area (TPSA) is 40.5 Å². The molecule has 0 aliphatic carbocycles. The Hall–Kier alpha value is -1.42. The van der Waals surface area contributed by atoms with Gasteiger partial charge in [0, 0.05) is 6.04 Å². The fourth-order valence-electron chi connectivity index (χ4n) is 1.77. The predicted molar refractivity (Wildman–Crippen MR) is 64.3 cm³/mol. The van der Waals surface area contributed by atoms with Gasteiger partial charge >= 0.3 is 5.97 Å². The third-order valence-electron chi connectivity index (χ3n) is 3.30. The van der Waals surface area contributed by atoms with Crippen molar-refractivity contribution >= 4 is 5.97 Å². The second-order valence-electron chi connectivity index (χ2n) is 4.59. The second kappa shape index (κ2) is 4.84. The first-order chi connectivity index (χ1) is 7.80. The maximum absolute atomic E-state index is 12.9. The maximum Gasteiger partial charge on any atom is 0.328 e. The lowest BCUT2D eigenvalue weighted by molar-refractivity contribution is -0.151. The summed E-state index contributed by atoms with van der Waals surface area (Å²) >= 11 is 0. The minimum Gasteiger partial charge on any atom is -0.480 e. The van der Waals surface area contributed by atoms with Crippen molar-refractivity contribution < 1.29 is 14.3 Å². The van der Waals surface area contributed by atoms with Crippen LogP contribution in [0.2, 0.25) is 0 Å². The van der Waals surface area contributed by atoms with Crippen molar-refractivity contribution in [1.82, 2.24) is 4.90 Å². The van der Waals surface area contributed by atoms with Crippen LogP contribution < -0.4 is 0 Å². The predicted octanol–water partition coefficient (Wildman–Crippen LogP) is 2.47. The molecular weight excluding hydrogens is 221 g/mol. The van der Waals surface area contributed by atoms with Crippen LogP contribution in [0.4, 0.5) is 4.39 Å². The van der Waals surface area contributed by atoms with Gasteiger partial charge in [0.1, 0.15) is 11.4 Å². The van der Waals surface area contributed by atoms with Crippen molar-refractivity contribution in [1.29, 1.82) is 0 Å². The van der Waals surface area contributed by atoms with Crippen molar-refractivity contribution in [3.8, 4) is 0 Å². The molecule has 0 spiro atoms. The first kappa shape index (κ1) is 13.6. The minimum absolute atomic E-state index is 0.0705. The van der Waals surface area contributed by atoms with Gasteiger partial charge in [-0.15, -0.1) is 0 Å². The Morgan fingerprint density at radius 3 is 2.18 bits per heavy atom. The Bertz CT molecular complexity index is 402. The Morgan fingerprint density at radius 2 is 1.82 bits per heavy atom. The fraction of sp³-hybridized carbons (Fsp3) is 0.462. The highest BCUT2D eigenvalue weighted by molar-refractivity contribution is 5.80. The van der Waals surface area contributed by atoms with Crippen LogP contribution in [0.5, 0.6) is 0 Å². The highest BCUT2D eigenvalue weighted by atomic mass is 19.1. The van der Waals surface area contributed by atoms with E-state index in [0.717, 1.165) is 0 Å². The molecule has 0 bridgehead atoms. The number of carbonyl (C=O) groups is 1. The van der Waals surface area contributed by atoms with E-state index in [2.05, 4.69) is 0 Å². The van der Waals surface area contributed by atoms with E-state index in [1.807, 2.05) is 13.8 Å². The summed E-state index contributed by atoms with van der Waals surface area (Å²) in [5.74, 6) is -1.31. The maximum atomic E-state index is 12.9. The lowest BCUT2D eigenvalue weighted by atomic mass is 9.89. The Kier molecular flexibility index (Phi) is 3.88.